The predicted molar refractivity (Wildman–Crippen MR) is 112 cm³/mol. The number of pyridine rings is 1. The summed E-state index contributed by atoms with van der Waals surface area (Å²) in [6, 6.07) is 14.9. The highest BCUT2D eigenvalue weighted by molar-refractivity contribution is 5.86. The van der Waals surface area contributed by atoms with Crippen molar-refractivity contribution in [1.29, 1.82) is 0 Å². The topological polar surface area (TPSA) is 73.9 Å². The lowest BCUT2D eigenvalue weighted by Crippen LogP contribution is -2.05. The van der Waals surface area contributed by atoms with Gasteiger partial charge in [0.05, 0.1) is 11.2 Å². The van der Waals surface area contributed by atoms with E-state index >= 15 is 0 Å². The molecule has 0 bridgehead atoms. The number of aromatic nitrogens is 3. The number of halogens is 1. The van der Waals surface area contributed by atoms with Crippen molar-refractivity contribution in [1.82, 2.24) is 15.0 Å². The zero-order valence-electron chi connectivity index (χ0n) is 16.5. The van der Waals surface area contributed by atoms with Crippen molar-refractivity contribution in [3.8, 4) is 17.1 Å². The van der Waals surface area contributed by atoms with E-state index in [2.05, 4.69) is 9.97 Å². The van der Waals surface area contributed by atoms with Gasteiger partial charge in [0.25, 0.3) is 0 Å². The molecular weight excluding hydrogens is 367 g/mol. The molecule has 6 heteroatoms. The molecule has 0 atom stereocenters. The second-order valence-corrected chi connectivity index (χ2v) is 7.05. The summed E-state index contributed by atoms with van der Waals surface area (Å²) < 4.78 is 20.0. The number of nitrogens with zero attached hydrogens (tertiary/aromatic N) is 3. The molecule has 0 fully saturated rings. The molecule has 2 N–H and O–H groups in total. The number of fused-ring (bicyclic) bond motifs is 1. The number of nitrogen functional groups attached to an aromatic ring is 1. The van der Waals surface area contributed by atoms with Crippen molar-refractivity contribution < 1.29 is 9.13 Å². The van der Waals surface area contributed by atoms with Crippen LogP contribution in [-0.2, 0) is 6.61 Å². The predicted octanol–water partition coefficient (Wildman–Crippen LogP) is 4.92. The van der Waals surface area contributed by atoms with Gasteiger partial charge in [0.1, 0.15) is 12.4 Å². The molecule has 2 heterocycles. The number of benzene rings is 2. The Balaban J connectivity index is 1.83. The van der Waals surface area contributed by atoms with Crippen LogP contribution in [0.2, 0.25) is 0 Å². The molecule has 0 aliphatic carbocycles. The first kappa shape index (κ1) is 18.8. The van der Waals surface area contributed by atoms with Gasteiger partial charge in [-0.3, -0.25) is 0 Å². The Morgan fingerprint density at radius 1 is 0.966 bits per heavy atom. The number of aryl methyl sites for hydroxylation is 3. The maximum absolute atomic E-state index is 14.1. The third-order valence-corrected chi connectivity index (χ3v) is 4.88. The normalized spacial score (nSPS) is 11.0. The van der Waals surface area contributed by atoms with Gasteiger partial charge in [-0.25, -0.2) is 14.4 Å². The Morgan fingerprint density at radius 2 is 1.76 bits per heavy atom. The fourth-order valence-electron chi connectivity index (χ4n) is 3.37. The van der Waals surface area contributed by atoms with Crippen molar-refractivity contribution in [3.63, 3.8) is 0 Å². The number of anilines is 1. The summed E-state index contributed by atoms with van der Waals surface area (Å²) in [5.74, 6) is 0.305. The summed E-state index contributed by atoms with van der Waals surface area (Å²) >= 11 is 0. The van der Waals surface area contributed by atoms with Crippen LogP contribution < -0.4 is 10.5 Å². The standard InChI is InChI=1S/C23H21FN4O/c1-13-6-4-5-7-18(13)22-17(12-29-20-10-14(2)26-23(25)27-20)11-16-8-9-19(24)15(3)21(16)28-22/h4-11H,12H2,1-3H3,(H2,25,26,27). The quantitative estimate of drug-likeness (QED) is 0.537. The van der Waals surface area contributed by atoms with Crippen molar-refractivity contribution >= 4 is 16.9 Å². The molecule has 146 valence electrons. The molecule has 2 aromatic carbocycles. The number of hydrogen-bond acceptors (Lipinski definition) is 5. The molecule has 5 nitrogen and oxygen atoms in total. The van der Waals surface area contributed by atoms with Crippen molar-refractivity contribution in [3.05, 3.63) is 76.7 Å². The molecule has 4 aromatic rings. The number of nitrogens with two attached hydrogens (primary N) is 1. The summed E-state index contributed by atoms with van der Waals surface area (Å²) in [6.45, 7) is 5.85. The maximum Gasteiger partial charge on any atom is 0.223 e. The zero-order chi connectivity index (χ0) is 20.5. The van der Waals surface area contributed by atoms with E-state index in [1.165, 1.54) is 6.07 Å². The van der Waals surface area contributed by atoms with Crippen molar-refractivity contribution in [2.75, 3.05) is 5.73 Å². The van der Waals surface area contributed by atoms with E-state index in [9.17, 15) is 4.39 Å². The second kappa shape index (κ2) is 7.47. The van der Waals surface area contributed by atoms with Crippen molar-refractivity contribution in [2.45, 2.75) is 27.4 Å². The Bertz CT molecular complexity index is 1200. The molecule has 29 heavy (non-hydrogen) atoms. The van der Waals surface area contributed by atoms with Crippen LogP contribution in [0.15, 0.2) is 48.5 Å². The average molecular weight is 388 g/mol. The molecule has 4 rings (SSSR count). The van der Waals surface area contributed by atoms with Crippen LogP contribution in [-0.4, -0.2) is 15.0 Å². The molecular formula is C23H21FN4O. The maximum atomic E-state index is 14.1. The highest BCUT2D eigenvalue weighted by atomic mass is 19.1. The van der Waals surface area contributed by atoms with Gasteiger partial charge in [-0.15, -0.1) is 0 Å². The van der Waals surface area contributed by atoms with E-state index in [-0.39, 0.29) is 18.4 Å². The first-order valence-electron chi connectivity index (χ1n) is 9.31. The molecule has 0 spiro atoms. The summed E-state index contributed by atoms with van der Waals surface area (Å²) in [7, 11) is 0. The summed E-state index contributed by atoms with van der Waals surface area (Å²) in [6.07, 6.45) is 0. The van der Waals surface area contributed by atoms with E-state index in [0.717, 1.165) is 33.5 Å². The fraction of sp³-hybridized carbons (Fsp3) is 0.174. The van der Waals surface area contributed by atoms with Crippen LogP contribution in [0.25, 0.3) is 22.2 Å². The van der Waals surface area contributed by atoms with Gasteiger partial charge >= 0.3 is 0 Å². The molecule has 0 radical (unpaired) electrons. The summed E-state index contributed by atoms with van der Waals surface area (Å²) in [5, 5.41) is 0.859. The Morgan fingerprint density at radius 3 is 2.52 bits per heavy atom. The third-order valence-electron chi connectivity index (χ3n) is 4.88. The molecule has 0 amide bonds. The molecule has 0 aliphatic heterocycles. The lowest BCUT2D eigenvalue weighted by atomic mass is 9.99. The Kier molecular flexibility index (Phi) is 4.84. The van der Waals surface area contributed by atoms with E-state index in [0.29, 0.717) is 17.0 Å². The molecule has 0 saturated heterocycles. The van der Waals surface area contributed by atoms with Crippen LogP contribution in [0.4, 0.5) is 10.3 Å². The van der Waals surface area contributed by atoms with Crippen LogP contribution in [0.3, 0.4) is 0 Å². The summed E-state index contributed by atoms with van der Waals surface area (Å²) in [4.78, 5) is 13.0. The Labute approximate surface area is 168 Å². The second-order valence-electron chi connectivity index (χ2n) is 7.05. The molecule has 0 unspecified atom stereocenters. The monoisotopic (exact) mass is 388 g/mol. The minimum Gasteiger partial charge on any atom is -0.473 e. The minimum atomic E-state index is -0.267. The lowest BCUT2D eigenvalue weighted by molar-refractivity contribution is 0.294. The van der Waals surface area contributed by atoms with Gasteiger partial charge in [-0.05, 0) is 44.5 Å². The molecule has 0 saturated carbocycles. The van der Waals surface area contributed by atoms with Gasteiger partial charge in [-0.2, -0.15) is 4.98 Å². The first-order chi connectivity index (χ1) is 13.9. The zero-order valence-corrected chi connectivity index (χ0v) is 16.5. The average Bonchev–Trinajstić information content (AvgIpc) is 2.69. The number of ether oxygens (including phenoxy) is 1. The highest BCUT2D eigenvalue weighted by Crippen LogP contribution is 2.30. The van der Waals surface area contributed by atoms with Crippen LogP contribution >= 0.6 is 0 Å². The van der Waals surface area contributed by atoms with E-state index in [1.54, 1.807) is 19.1 Å². The number of rotatable bonds is 4. The Hall–Kier alpha value is -3.54. The van der Waals surface area contributed by atoms with Crippen LogP contribution in [0, 0.1) is 26.6 Å². The largest absolute Gasteiger partial charge is 0.473 e. The van der Waals surface area contributed by atoms with Gasteiger partial charge < -0.3 is 10.5 Å². The van der Waals surface area contributed by atoms with Gasteiger partial charge in [0.15, 0.2) is 0 Å². The molecule has 2 aromatic heterocycles. The first-order valence-corrected chi connectivity index (χ1v) is 9.31. The lowest BCUT2D eigenvalue weighted by Gasteiger charge is -2.15. The SMILES string of the molecule is Cc1cc(OCc2cc3ccc(F)c(C)c3nc2-c2ccccc2C)nc(N)n1. The third kappa shape index (κ3) is 3.74. The smallest absolute Gasteiger partial charge is 0.223 e. The van der Waals surface area contributed by atoms with Gasteiger partial charge in [-0.1, -0.05) is 24.3 Å². The highest BCUT2D eigenvalue weighted by Gasteiger charge is 2.15. The van der Waals surface area contributed by atoms with E-state index in [4.69, 9.17) is 15.5 Å². The van der Waals surface area contributed by atoms with Gasteiger partial charge in [0.2, 0.25) is 11.8 Å². The molecule has 0 aliphatic rings. The van der Waals surface area contributed by atoms with Gasteiger partial charge in [0, 0.05) is 33.8 Å². The van der Waals surface area contributed by atoms with E-state index in [1.807, 2.05) is 44.2 Å². The number of hydrogen-bond donors (Lipinski definition) is 1. The fourth-order valence-corrected chi connectivity index (χ4v) is 3.37. The van der Waals surface area contributed by atoms with E-state index < -0.39 is 0 Å². The van der Waals surface area contributed by atoms with Crippen molar-refractivity contribution in [2.24, 2.45) is 0 Å². The van der Waals surface area contributed by atoms with Crippen LogP contribution in [0.1, 0.15) is 22.4 Å². The summed E-state index contributed by atoms with van der Waals surface area (Å²) in [5.41, 5.74) is 11.3. The minimum absolute atomic E-state index is 0.168. The van der Waals surface area contributed by atoms with Crippen LogP contribution in [0.5, 0.6) is 5.88 Å².